The molecule has 8 heteroatoms. The predicted octanol–water partition coefficient (Wildman–Crippen LogP) is 6.30. The van der Waals surface area contributed by atoms with Gasteiger partial charge in [0, 0.05) is 31.7 Å². The highest BCUT2D eigenvalue weighted by Gasteiger charge is 2.22. The number of anilines is 2. The molecule has 1 aliphatic heterocycles. The Bertz CT molecular complexity index is 1090. The number of para-hydroxylation sites is 1. The lowest BCUT2D eigenvalue weighted by molar-refractivity contribution is 0.0997. The van der Waals surface area contributed by atoms with Gasteiger partial charge in [-0.05, 0) is 49.0 Å². The summed E-state index contributed by atoms with van der Waals surface area (Å²) in [5.41, 5.74) is 2.24. The Morgan fingerprint density at radius 3 is 2.45 bits per heavy atom. The summed E-state index contributed by atoms with van der Waals surface area (Å²) in [7, 11) is 0. The number of nitrogens with zero attached hydrogens (tertiary/aromatic N) is 2. The SMILES string of the molecule is CCN1CCN(c2c(Cl)cccc2NC(=O)c2ccc(-c3ccc(Cl)c(Cl)c3)o2)CC1. The van der Waals surface area contributed by atoms with E-state index < -0.39 is 0 Å². The molecule has 1 aliphatic rings. The Hall–Kier alpha value is -2.18. The summed E-state index contributed by atoms with van der Waals surface area (Å²) in [4.78, 5) is 17.5. The fraction of sp³-hybridized carbons (Fsp3) is 0.261. The van der Waals surface area contributed by atoms with Gasteiger partial charge in [0.05, 0.1) is 26.4 Å². The first-order valence-electron chi connectivity index (χ1n) is 10.1. The van der Waals surface area contributed by atoms with E-state index in [4.69, 9.17) is 39.2 Å². The number of hydrogen-bond acceptors (Lipinski definition) is 4. The Kier molecular flexibility index (Phi) is 6.77. The van der Waals surface area contributed by atoms with E-state index in [1.807, 2.05) is 18.2 Å². The predicted molar refractivity (Wildman–Crippen MR) is 128 cm³/mol. The third-order valence-corrected chi connectivity index (χ3v) is 6.45. The molecule has 0 unspecified atom stereocenters. The van der Waals surface area contributed by atoms with Gasteiger partial charge < -0.3 is 19.5 Å². The molecular formula is C23H22Cl3N3O2. The number of rotatable bonds is 5. The zero-order valence-corrected chi connectivity index (χ0v) is 19.3. The van der Waals surface area contributed by atoms with Crippen LogP contribution in [0.5, 0.6) is 0 Å². The molecule has 1 saturated heterocycles. The Morgan fingerprint density at radius 2 is 1.74 bits per heavy atom. The molecule has 1 fully saturated rings. The molecule has 162 valence electrons. The van der Waals surface area contributed by atoms with Gasteiger partial charge in [-0.1, -0.05) is 47.8 Å². The van der Waals surface area contributed by atoms with Crippen molar-refractivity contribution >= 4 is 52.1 Å². The molecule has 0 bridgehead atoms. The summed E-state index contributed by atoms with van der Waals surface area (Å²) >= 11 is 18.6. The number of amides is 1. The Morgan fingerprint density at radius 1 is 0.968 bits per heavy atom. The zero-order chi connectivity index (χ0) is 22.0. The number of hydrogen-bond donors (Lipinski definition) is 1. The van der Waals surface area contributed by atoms with Crippen LogP contribution in [0, 0.1) is 0 Å². The van der Waals surface area contributed by atoms with E-state index in [9.17, 15) is 4.79 Å². The first kappa shape index (κ1) is 22.0. The van der Waals surface area contributed by atoms with E-state index >= 15 is 0 Å². The van der Waals surface area contributed by atoms with Crippen molar-refractivity contribution < 1.29 is 9.21 Å². The van der Waals surface area contributed by atoms with Crippen molar-refractivity contribution in [2.24, 2.45) is 0 Å². The largest absolute Gasteiger partial charge is 0.451 e. The average Bonchev–Trinajstić information content (AvgIpc) is 3.26. The van der Waals surface area contributed by atoms with E-state index in [-0.39, 0.29) is 11.7 Å². The van der Waals surface area contributed by atoms with Crippen LogP contribution in [0.2, 0.25) is 15.1 Å². The highest BCUT2D eigenvalue weighted by Crippen LogP contribution is 2.35. The minimum Gasteiger partial charge on any atom is -0.451 e. The fourth-order valence-corrected chi connectivity index (χ4v) is 4.27. The second kappa shape index (κ2) is 9.53. The first-order chi connectivity index (χ1) is 15.0. The zero-order valence-electron chi connectivity index (χ0n) is 17.0. The molecule has 0 radical (unpaired) electrons. The second-order valence-corrected chi connectivity index (χ2v) is 8.53. The van der Waals surface area contributed by atoms with Crippen molar-refractivity contribution in [1.29, 1.82) is 0 Å². The van der Waals surface area contributed by atoms with Crippen molar-refractivity contribution in [1.82, 2.24) is 4.90 Å². The quantitative estimate of drug-likeness (QED) is 0.467. The lowest BCUT2D eigenvalue weighted by atomic mass is 10.2. The molecular weight excluding hydrogens is 457 g/mol. The minimum atomic E-state index is -0.345. The number of furan rings is 1. The summed E-state index contributed by atoms with van der Waals surface area (Å²) in [6.07, 6.45) is 0. The van der Waals surface area contributed by atoms with Crippen LogP contribution in [0.3, 0.4) is 0 Å². The van der Waals surface area contributed by atoms with Gasteiger partial charge in [0.2, 0.25) is 0 Å². The summed E-state index contributed by atoms with van der Waals surface area (Å²) < 4.78 is 5.78. The van der Waals surface area contributed by atoms with Gasteiger partial charge in [0.25, 0.3) is 5.91 Å². The number of carbonyl (C=O) groups is 1. The van der Waals surface area contributed by atoms with E-state index in [1.165, 1.54) is 0 Å². The van der Waals surface area contributed by atoms with Gasteiger partial charge in [-0.2, -0.15) is 0 Å². The maximum atomic E-state index is 12.9. The maximum absolute atomic E-state index is 12.9. The molecule has 0 aliphatic carbocycles. The Balaban J connectivity index is 1.54. The summed E-state index contributed by atoms with van der Waals surface area (Å²) in [5, 5.41) is 4.45. The van der Waals surface area contributed by atoms with Gasteiger partial charge >= 0.3 is 0 Å². The van der Waals surface area contributed by atoms with Gasteiger partial charge in [0.1, 0.15) is 5.76 Å². The van der Waals surface area contributed by atoms with E-state index in [0.717, 1.165) is 44.0 Å². The molecule has 1 N–H and O–H groups in total. The number of halogens is 3. The molecule has 2 heterocycles. The fourth-order valence-electron chi connectivity index (χ4n) is 3.67. The van der Waals surface area contributed by atoms with Crippen LogP contribution in [0.4, 0.5) is 11.4 Å². The normalized spacial score (nSPS) is 14.6. The molecule has 2 aromatic carbocycles. The van der Waals surface area contributed by atoms with Crippen molar-refractivity contribution in [3.8, 4) is 11.3 Å². The van der Waals surface area contributed by atoms with Crippen LogP contribution >= 0.6 is 34.8 Å². The van der Waals surface area contributed by atoms with Crippen LogP contribution in [0.1, 0.15) is 17.5 Å². The van der Waals surface area contributed by atoms with Gasteiger partial charge in [-0.15, -0.1) is 0 Å². The maximum Gasteiger partial charge on any atom is 0.291 e. The van der Waals surface area contributed by atoms with E-state index in [2.05, 4.69) is 22.0 Å². The number of piperazine rings is 1. The van der Waals surface area contributed by atoms with Crippen LogP contribution < -0.4 is 10.2 Å². The van der Waals surface area contributed by atoms with Gasteiger partial charge in [-0.25, -0.2) is 0 Å². The molecule has 0 atom stereocenters. The van der Waals surface area contributed by atoms with Crippen molar-refractivity contribution in [3.63, 3.8) is 0 Å². The number of nitrogens with one attached hydrogen (secondary N) is 1. The standard InChI is InChI=1S/C23H22Cl3N3O2/c1-2-28-10-12-29(13-11-28)22-17(25)4-3-5-19(22)27-23(30)21-9-8-20(31-21)15-6-7-16(24)18(26)14-15/h3-9,14H,2,10-13H2,1H3,(H,27,30). The van der Waals surface area contributed by atoms with Gasteiger partial charge in [-0.3, -0.25) is 4.79 Å². The average molecular weight is 479 g/mol. The monoisotopic (exact) mass is 477 g/mol. The molecule has 1 aromatic heterocycles. The van der Waals surface area contributed by atoms with Crippen LogP contribution in [-0.2, 0) is 0 Å². The molecule has 0 saturated carbocycles. The third kappa shape index (κ3) is 4.85. The van der Waals surface area contributed by atoms with E-state index in [0.29, 0.717) is 26.5 Å². The summed E-state index contributed by atoms with van der Waals surface area (Å²) in [5.74, 6) is 0.385. The highest BCUT2D eigenvalue weighted by atomic mass is 35.5. The van der Waals surface area contributed by atoms with E-state index in [1.54, 1.807) is 30.3 Å². The lowest BCUT2D eigenvalue weighted by Gasteiger charge is -2.36. The lowest BCUT2D eigenvalue weighted by Crippen LogP contribution is -2.46. The number of benzene rings is 2. The second-order valence-electron chi connectivity index (χ2n) is 7.30. The topological polar surface area (TPSA) is 48.7 Å². The minimum absolute atomic E-state index is 0.197. The van der Waals surface area contributed by atoms with Crippen molar-refractivity contribution in [3.05, 3.63) is 69.4 Å². The van der Waals surface area contributed by atoms with Crippen LogP contribution in [-0.4, -0.2) is 43.5 Å². The van der Waals surface area contributed by atoms with Crippen LogP contribution in [0.15, 0.2) is 52.9 Å². The third-order valence-electron chi connectivity index (χ3n) is 5.40. The number of carbonyl (C=O) groups excluding carboxylic acids is 1. The molecule has 0 spiro atoms. The number of likely N-dealkylation sites (N-methyl/N-ethyl adjacent to an activating group) is 1. The highest BCUT2D eigenvalue weighted by molar-refractivity contribution is 6.42. The molecule has 3 aromatic rings. The van der Waals surface area contributed by atoms with Crippen molar-refractivity contribution in [2.75, 3.05) is 42.9 Å². The molecule has 1 amide bonds. The molecule has 31 heavy (non-hydrogen) atoms. The molecule has 5 nitrogen and oxygen atoms in total. The Labute approximate surface area is 196 Å². The summed E-state index contributed by atoms with van der Waals surface area (Å²) in [6.45, 7) is 6.80. The molecule has 4 rings (SSSR count). The van der Waals surface area contributed by atoms with Crippen LogP contribution in [0.25, 0.3) is 11.3 Å². The smallest absolute Gasteiger partial charge is 0.291 e. The van der Waals surface area contributed by atoms with Gasteiger partial charge in [0.15, 0.2) is 5.76 Å². The van der Waals surface area contributed by atoms with Crippen molar-refractivity contribution in [2.45, 2.75) is 6.92 Å². The summed E-state index contributed by atoms with van der Waals surface area (Å²) in [6, 6.07) is 14.1. The first-order valence-corrected chi connectivity index (χ1v) is 11.2.